The number of hydrogen-bond acceptors (Lipinski definition) is 3. The minimum Gasteiger partial charge on any atom is -0.464 e. The third-order valence-corrected chi connectivity index (χ3v) is 4.02. The lowest BCUT2D eigenvalue weighted by Crippen LogP contribution is -2.35. The summed E-state index contributed by atoms with van der Waals surface area (Å²) in [4.78, 5) is 12.0. The van der Waals surface area contributed by atoms with Gasteiger partial charge >= 0.3 is 5.97 Å². The summed E-state index contributed by atoms with van der Waals surface area (Å²) in [6.45, 7) is 6.09. The summed E-state index contributed by atoms with van der Waals surface area (Å²) in [7, 11) is 0. The molecule has 1 aromatic rings. The van der Waals surface area contributed by atoms with Gasteiger partial charge in [0.05, 0.1) is 6.61 Å². The molecule has 1 heterocycles. The molecule has 0 bridgehead atoms. The summed E-state index contributed by atoms with van der Waals surface area (Å²) in [5, 5.41) is 0.706. The van der Waals surface area contributed by atoms with Crippen molar-refractivity contribution in [2.45, 2.75) is 44.8 Å². The van der Waals surface area contributed by atoms with Crippen molar-refractivity contribution < 1.29 is 14.3 Å². The molecule has 104 valence electrons. The molecule has 0 amide bonds. The van der Waals surface area contributed by atoms with Crippen molar-refractivity contribution in [3.63, 3.8) is 0 Å². The van der Waals surface area contributed by atoms with Crippen molar-refractivity contribution in [2.24, 2.45) is 0 Å². The van der Waals surface area contributed by atoms with Gasteiger partial charge in [-0.3, -0.25) is 0 Å². The highest BCUT2D eigenvalue weighted by molar-refractivity contribution is 6.30. The summed E-state index contributed by atoms with van der Waals surface area (Å²) >= 11 is 5.87. The maximum Gasteiger partial charge on any atom is 0.341 e. The van der Waals surface area contributed by atoms with Crippen LogP contribution in [0.5, 0.6) is 0 Å². The Morgan fingerprint density at radius 1 is 1.32 bits per heavy atom. The van der Waals surface area contributed by atoms with Crippen LogP contribution >= 0.6 is 11.6 Å². The van der Waals surface area contributed by atoms with Crippen LogP contribution in [0.15, 0.2) is 24.3 Å². The fourth-order valence-electron chi connectivity index (χ4n) is 2.63. The summed E-state index contributed by atoms with van der Waals surface area (Å²) in [5.74, 6) is -0.256. The number of carbonyl (C=O) groups is 1. The van der Waals surface area contributed by atoms with Gasteiger partial charge in [-0.2, -0.15) is 0 Å². The number of esters is 1. The molecule has 2 unspecified atom stereocenters. The fourth-order valence-corrected chi connectivity index (χ4v) is 2.75. The van der Waals surface area contributed by atoms with E-state index in [-0.39, 0.29) is 5.97 Å². The predicted octanol–water partition coefficient (Wildman–Crippen LogP) is 3.38. The minimum absolute atomic E-state index is 0.256. The van der Waals surface area contributed by atoms with Gasteiger partial charge in [0.1, 0.15) is 5.60 Å². The third kappa shape index (κ3) is 2.49. The number of carbonyl (C=O) groups excluding carboxylic acids is 1. The van der Waals surface area contributed by atoms with Gasteiger partial charge in [-0.05, 0) is 38.0 Å². The zero-order chi connectivity index (χ0) is 14.1. The summed E-state index contributed by atoms with van der Waals surface area (Å²) in [5.41, 5.74) is -0.170. The van der Waals surface area contributed by atoms with Crippen LogP contribution in [-0.2, 0) is 20.7 Å². The molecule has 19 heavy (non-hydrogen) atoms. The van der Waals surface area contributed by atoms with Gasteiger partial charge in [0.25, 0.3) is 0 Å². The first-order chi connectivity index (χ1) is 8.97. The van der Waals surface area contributed by atoms with Gasteiger partial charge in [0.15, 0.2) is 5.60 Å². The quantitative estimate of drug-likeness (QED) is 0.614. The van der Waals surface area contributed by atoms with Gasteiger partial charge in [-0.1, -0.05) is 30.7 Å². The second kappa shape index (κ2) is 5.14. The largest absolute Gasteiger partial charge is 0.464 e. The fraction of sp³-hybridized carbons (Fsp3) is 0.533. The molecule has 2 rings (SSSR count). The van der Waals surface area contributed by atoms with E-state index in [1.165, 1.54) is 0 Å². The van der Waals surface area contributed by atoms with Gasteiger partial charge in [-0.15, -0.1) is 0 Å². The Morgan fingerprint density at radius 2 is 1.95 bits per heavy atom. The lowest BCUT2D eigenvalue weighted by atomic mass is 9.86. The smallest absolute Gasteiger partial charge is 0.341 e. The van der Waals surface area contributed by atoms with Gasteiger partial charge in [0.2, 0.25) is 0 Å². The summed E-state index contributed by atoms with van der Waals surface area (Å²) in [6.07, 6.45) is 1.30. The Bertz CT molecular complexity index is 471. The molecule has 1 aliphatic heterocycles. The molecule has 0 radical (unpaired) electrons. The van der Waals surface area contributed by atoms with Crippen LogP contribution in [-0.4, -0.2) is 23.8 Å². The average Bonchev–Trinajstić information content (AvgIpc) is 2.99. The Labute approximate surface area is 118 Å². The Hall–Kier alpha value is -1.06. The zero-order valence-electron chi connectivity index (χ0n) is 11.5. The van der Waals surface area contributed by atoms with Gasteiger partial charge < -0.3 is 9.47 Å². The van der Waals surface area contributed by atoms with E-state index >= 15 is 0 Å². The van der Waals surface area contributed by atoms with Crippen molar-refractivity contribution in [3.8, 4) is 0 Å². The van der Waals surface area contributed by atoms with Crippen LogP contribution < -0.4 is 0 Å². The normalized spacial score (nSPS) is 29.1. The maximum atomic E-state index is 12.0. The molecule has 0 aliphatic carbocycles. The van der Waals surface area contributed by atoms with Crippen molar-refractivity contribution in [1.29, 1.82) is 0 Å². The topological polar surface area (TPSA) is 38.8 Å². The minimum atomic E-state index is -0.789. The maximum absolute atomic E-state index is 12.0. The number of benzene rings is 1. The van der Waals surface area contributed by atoms with E-state index in [1.54, 1.807) is 6.92 Å². The molecule has 0 N–H and O–H groups in total. The molecule has 0 aromatic heterocycles. The van der Waals surface area contributed by atoms with E-state index in [0.29, 0.717) is 24.5 Å². The van der Waals surface area contributed by atoms with E-state index < -0.39 is 11.2 Å². The number of epoxide rings is 1. The molecule has 1 aromatic carbocycles. The van der Waals surface area contributed by atoms with Crippen molar-refractivity contribution in [3.05, 3.63) is 34.9 Å². The second-order valence-corrected chi connectivity index (χ2v) is 5.47. The van der Waals surface area contributed by atoms with E-state index in [1.807, 2.05) is 38.1 Å². The number of ether oxygens (including phenoxy) is 2. The van der Waals surface area contributed by atoms with Crippen molar-refractivity contribution in [2.75, 3.05) is 6.61 Å². The highest BCUT2D eigenvalue weighted by Crippen LogP contribution is 2.53. The van der Waals surface area contributed by atoms with E-state index in [0.717, 1.165) is 5.56 Å². The molecule has 0 saturated carbocycles. The van der Waals surface area contributed by atoms with E-state index in [4.69, 9.17) is 21.1 Å². The summed E-state index contributed by atoms with van der Waals surface area (Å²) < 4.78 is 10.9. The summed E-state index contributed by atoms with van der Waals surface area (Å²) in [6, 6.07) is 7.61. The molecule has 3 nitrogen and oxygen atoms in total. The molecular formula is C15H19ClO3. The Balaban J connectivity index is 2.12. The Kier molecular flexibility index (Phi) is 3.88. The van der Waals surface area contributed by atoms with Crippen LogP contribution in [0.3, 0.4) is 0 Å². The van der Waals surface area contributed by atoms with Crippen LogP contribution in [0.25, 0.3) is 0 Å². The van der Waals surface area contributed by atoms with E-state index in [2.05, 4.69) is 0 Å². The third-order valence-electron chi connectivity index (χ3n) is 3.77. The number of hydrogen-bond donors (Lipinski definition) is 0. The van der Waals surface area contributed by atoms with Crippen LogP contribution in [0.2, 0.25) is 5.02 Å². The number of rotatable bonds is 5. The standard InChI is InChI=1S/C15H19ClO3/c1-4-15(13(17)18-5-2)14(3,19-15)10-11-6-8-12(16)9-7-11/h6-9H,4-5,10H2,1-3H3. The highest BCUT2D eigenvalue weighted by Gasteiger charge is 2.71. The van der Waals surface area contributed by atoms with Crippen LogP contribution in [0, 0.1) is 0 Å². The number of halogens is 1. The molecular weight excluding hydrogens is 264 g/mol. The monoisotopic (exact) mass is 282 g/mol. The lowest BCUT2D eigenvalue weighted by Gasteiger charge is -2.14. The van der Waals surface area contributed by atoms with Crippen molar-refractivity contribution in [1.82, 2.24) is 0 Å². The average molecular weight is 283 g/mol. The van der Waals surface area contributed by atoms with Crippen LogP contribution in [0.4, 0.5) is 0 Å². The molecule has 2 atom stereocenters. The lowest BCUT2D eigenvalue weighted by molar-refractivity contribution is -0.149. The Morgan fingerprint density at radius 3 is 2.47 bits per heavy atom. The SMILES string of the molecule is CCOC(=O)C1(CC)OC1(C)Cc1ccc(Cl)cc1. The second-order valence-electron chi connectivity index (χ2n) is 5.04. The van der Waals surface area contributed by atoms with Crippen LogP contribution in [0.1, 0.15) is 32.8 Å². The first kappa shape index (κ1) is 14.4. The van der Waals surface area contributed by atoms with Gasteiger partial charge in [0, 0.05) is 11.4 Å². The first-order valence-corrected chi connectivity index (χ1v) is 6.97. The molecule has 1 aliphatic rings. The molecule has 0 spiro atoms. The molecule has 1 saturated heterocycles. The predicted molar refractivity (Wildman–Crippen MR) is 74.3 cm³/mol. The first-order valence-electron chi connectivity index (χ1n) is 6.59. The van der Waals surface area contributed by atoms with Crippen molar-refractivity contribution >= 4 is 17.6 Å². The molecule has 1 fully saturated rings. The van der Waals surface area contributed by atoms with E-state index in [9.17, 15) is 4.79 Å². The van der Waals surface area contributed by atoms with Gasteiger partial charge in [-0.25, -0.2) is 4.79 Å². The molecule has 4 heteroatoms. The highest BCUT2D eigenvalue weighted by atomic mass is 35.5. The zero-order valence-corrected chi connectivity index (χ0v) is 12.3.